The number of hydrogen-bond donors (Lipinski definition) is 0. The van der Waals surface area contributed by atoms with E-state index in [4.69, 9.17) is 33.2 Å². The van der Waals surface area contributed by atoms with Crippen molar-refractivity contribution in [3.8, 4) is 0 Å². The molecule has 41 heteroatoms. The molecule has 0 radical (unpaired) electrons. The highest BCUT2D eigenvalue weighted by molar-refractivity contribution is 7.99. The van der Waals surface area contributed by atoms with Crippen LogP contribution >= 0.6 is 23.5 Å². The molecule has 0 aliphatic carbocycles. The minimum Gasteiger partial charge on any atom is -0.465 e. The number of halogens is 26. The van der Waals surface area contributed by atoms with E-state index in [1.807, 2.05) is 0 Å². The summed E-state index contributed by atoms with van der Waals surface area (Å²) < 4.78 is 386. The van der Waals surface area contributed by atoms with Crippen LogP contribution in [0, 0.1) is 10.8 Å². The topological polar surface area (TPSA) is 167 Å². The molecule has 0 aromatic rings. The molecule has 0 fully saturated rings. The van der Waals surface area contributed by atoms with Crippen LogP contribution in [0.15, 0.2) is 50.6 Å². The lowest BCUT2D eigenvalue weighted by atomic mass is 9.90. The van der Waals surface area contributed by atoms with Crippen molar-refractivity contribution in [2.45, 2.75) is 97.3 Å². The maximum Gasteiger partial charge on any atom is 0.460 e. The van der Waals surface area contributed by atoms with Gasteiger partial charge in [0.15, 0.2) is 0 Å². The number of alkyl halides is 26. The summed E-state index contributed by atoms with van der Waals surface area (Å²) in [4.78, 5) is 74.3. The Balaban J connectivity index is 6.60. The van der Waals surface area contributed by atoms with Crippen molar-refractivity contribution in [3.63, 3.8) is 0 Å². The average molecular weight is 1340 g/mol. The van der Waals surface area contributed by atoms with Gasteiger partial charge in [-0.3, -0.25) is 9.59 Å². The molecule has 0 N–H and O–H groups in total. The normalized spacial score (nSPS) is 14.0. The first-order valence-electron chi connectivity index (χ1n) is 22.4. The van der Waals surface area contributed by atoms with Gasteiger partial charge in [0.2, 0.25) is 0 Å². The Labute approximate surface area is 469 Å². The number of thioether (sulfide) groups is 2. The molecule has 0 heterocycles. The van der Waals surface area contributed by atoms with E-state index in [0.717, 1.165) is 0 Å². The highest BCUT2D eigenvalue weighted by atomic mass is 32.2. The van der Waals surface area contributed by atoms with Crippen molar-refractivity contribution in [2.75, 3.05) is 75.9 Å². The first-order valence-corrected chi connectivity index (χ1v) is 24.7. The quantitative estimate of drug-likeness (QED) is 0.0187. The van der Waals surface area contributed by atoms with E-state index in [1.165, 1.54) is 0 Å². The standard InChI is InChI=1S/C44H44F26O13S2/c1-5-25(71)78-19-31(20-79-26(72)6-2,23-82-29(75)9-13-84-15-11-33(45,46)35(49,50)37(53,54)39(57,58)41(61,62)43(65,66)67)17-77-18-32(21-80-27(73)7-3,22-81-28(74)8-4)24-83-30(76)10-14-85-16-12-34(47,48)36(51,52)38(55,56)40(59,60)42(63,64)44(68,69)70/h5-8H,1-4,9-24H2. The molecular formula is C44H44F26O13S2. The van der Waals surface area contributed by atoms with Crippen molar-refractivity contribution >= 4 is 59.3 Å². The van der Waals surface area contributed by atoms with Crippen molar-refractivity contribution in [2.24, 2.45) is 10.8 Å². The summed E-state index contributed by atoms with van der Waals surface area (Å²) >= 11 is -0.106. The lowest BCUT2D eigenvalue weighted by Crippen LogP contribution is -2.70. The molecule has 0 aliphatic heterocycles. The molecule has 0 saturated carbocycles. The minimum absolute atomic E-state index is 0.0531. The van der Waals surface area contributed by atoms with Gasteiger partial charge in [0.1, 0.15) is 39.6 Å². The smallest absolute Gasteiger partial charge is 0.460 e. The Morgan fingerprint density at radius 3 is 0.753 bits per heavy atom. The monoisotopic (exact) mass is 1340 g/mol. The first kappa shape index (κ1) is 79.6. The number of rotatable bonds is 40. The fourth-order valence-corrected chi connectivity index (χ4v) is 7.39. The van der Waals surface area contributed by atoms with E-state index in [2.05, 4.69) is 26.3 Å². The third-order valence-electron chi connectivity index (χ3n) is 10.7. The fraction of sp³-hybridized carbons (Fsp3) is 0.682. The van der Waals surface area contributed by atoms with Crippen LogP contribution in [-0.2, 0) is 61.9 Å². The lowest BCUT2D eigenvalue weighted by Gasteiger charge is -2.39. The van der Waals surface area contributed by atoms with Crippen LogP contribution in [0.3, 0.4) is 0 Å². The Hall–Kier alpha value is -5.38. The van der Waals surface area contributed by atoms with Crippen LogP contribution in [0.1, 0.15) is 25.7 Å². The summed E-state index contributed by atoms with van der Waals surface area (Å²) in [5.74, 6) is -89.3. The molecule has 0 aromatic heterocycles. The number of hydrogen-bond acceptors (Lipinski definition) is 15. The molecule has 492 valence electrons. The van der Waals surface area contributed by atoms with Gasteiger partial charge in [-0.25, -0.2) is 19.2 Å². The van der Waals surface area contributed by atoms with Crippen molar-refractivity contribution in [1.29, 1.82) is 0 Å². The largest absolute Gasteiger partial charge is 0.465 e. The predicted molar refractivity (Wildman–Crippen MR) is 237 cm³/mol. The van der Waals surface area contributed by atoms with Gasteiger partial charge in [-0.1, -0.05) is 26.3 Å². The number of esters is 6. The maximum atomic E-state index is 14.3. The van der Waals surface area contributed by atoms with Crippen molar-refractivity contribution in [1.82, 2.24) is 0 Å². The van der Waals surface area contributed by atoms with Gasteiger partial charge in [-0.2, -0.15) is 138 Å². The van der Waals surface area contributed by atoms with Crippen molar-refractivity contribution in [3.05, 3.63) is 50.6 Å². The molecule has 0 spiro atoms. The average Bonchev–Trinajstić information content (AvgIpc) is 0.835. The molecule has 0 amide bonds. The third-order valence-corrected chi connectivity index (χ3v) is 12.6. The molecule has 0 saturated heterocycles. The molecular weight excluding hydrogens is 1290 g/mol. The molecule has 0 unspecified atom stereocenters. The number of ether oxygens (including phenoxy) is 7. The van der Waals surface area contributed by atoms with E-state index in [1.54, 1.807) is 0 Å². The van der Waals surface area contributed by atoms with Gasteiger partial charge in [0.05, 0.1) is 36.9 Å². The Bertz CT molecular complexity index is 2120. The van der Waals surface area contributed by atoms with Gasteiger partial charge in [-0.15, -0.1) is 0 Å². The third kappa shape index (κ3) is 19.3. The van der Waals surface area contributed by atoms with Crippen LogP contribution in [0.5, 0.6) is 0 Å². The van der Waals surface area contributed by atoms with E-state index in [0.29, 0.717) is 24.3 Å². The molecule has 0 aliphatic rings. The molecule has 85 heavy (non-hydrogen) atoms. The number of carbonyl (C=O) groups excluding carboxylic acids is 6. The summed E-state index contributed by atoms with van der Waals surface area (Å²) in [6, 6.07) is 0. The minimum atomic E-state index is -8.15. The SMILES string of the molecule is C=CC(=O)OCC(COCC(COC(=O)C=C)(COC(=O)C=C)COC(=O)CCSCCC(F)(F)C(F)(F)C(F)(F)C(F)(F)C(F)(F)C(F)(F)F)(COC(=O)C=C)COC(=O)CCSCCC(F)(F)C(F)(F)C(F)(F)C(F)(F)C(F)(F)C(F)(F)F. The van der Waals surface area contributed by atoms with Crippen LogP contribution in [0.2, 0.25) is 0 Å². The fourth-order valence-electron chi connectivity index (χ4n) is 5.56. The molecule has 0 rings (SSSR count). The molecule has 0 bridgehead atoms. The van der Waals surface area contributed by atoms with Gasteiger partial charge in [0.25, 0.3) is 0 Å². The van der Waals surface area contributed by atoms with E-state index < -0.39 is 220 Å². The zero-order chi connectivity index (χ0) is 67.0. The van der Waals surface area contributed by atoms with Crippen molar-refractivity contribution < 1.29 is 176 Å². The molecule has 0 aromatic carbocycles. The highest BCUT2D eigenvalue weighted by Crippen LogP contribution is 2.62. The van der Waals surface area contributed by atoms with Crippen LogP contribution in [0.25, 0.3) is 0 Å². The Morgan fingerprint density at radius 1 is 0.306 bits per heavy atom. The zero-order valence-corrected chi connectivity index (χ0v) is 44.0. The van der Waals surface area contributed by atoms with Crippen LogP contribution < -0.4 is 0 Å². The highest BCUT2D eigenvalue weighted by Gasteiger charge is 2.92. The first-order chi connectivity index (χ1) is 38.2. The summed E-state index contributed by atoms with van der Waals surface area (Å²) in [7, 11) is 0. The second-order valence-electron chi connectivity index (χ2n) is 17.3. The van der Waals surface area contributed by atoms with Gasteiger partial charge < -0.3 is 33.2 Å². The van der Waals surface area contributed by atoms with Gasteiger partial charge in [0, 0.05) is 48.7 Å². The van der Waals surface area contributed by atoms with E-state index in [-0.39, 0.29) is 23.5 Å². The van der Waals surface area contributed by atoms with Crippen LogP contribution in [-0.4, -0.2) is 183 Å². The Kier molecular flexibility index (Phi) is 28.1. The van der Waals surface area contributed by atoms with Crippen LogP contribution in [0.4, 0.5) is 114 Å². The number of carbonyl (C=O) groups is 6. The maximum absolute atomic E-state index is 14.3. The van der Waals surface area contributed by atoms with E-state index in [9.17, 15) is 143 Å². The lowest BCUT2D eigenvalue weighted by molar-refractivity contribution is -0.439. The summed E-state index contributed by atoms with van der Waals surface area (Å²) in [6.45, 7) is 3.66. The van der Waals surface area contributed by atoms with Gasteiger partial charge in [-0.05, 0) is 11.5 Å². The van der Waals surface area contributed by atoms with Gasteiger partial charge >= 0.3 is 107 Å². The summed E-state index contributed by atoms with van der Waals surface area (Å²) in [5, 5.41) is 0. The molecule has 13 nitrogen and oxygen atoms in total. The second kappa shape index (κ2) is 30.0. The molecule has 0 atom stereocenters. The summed E-state index contributed by atoms with van der Waals surface area (Å²) in [5.41, 5.74) is -4.43. The summed E-state index contributed by atoms with van der Waals surface area (Å²) in [6.07, 6.45) is -20.5. The zero-order valence-electron chi connectivity index (χ0n) is 42.4. The predicted octanol–water partition coefficient (Wildman–Crippen LogP) is 11.5. The second-order valence-corrected chi connectivity index (χ2v) is 19.7. The Morgan fingerprint density at radius 2 is 0.529 bits per heavy atom. The van der Waals surface area contributed by atoms with E-state index >= 15 is 0 Å².